The van der Waals surface area contributed by atoms with Crippen molar-refractivity contribution < 1.29 is 18.0 Å². The van der Waals surface area contributed by atoms with Crippen LogP contribution in [-0.4, -0.2) is 51.0 Å². The van der Waals surface area contributed by atoms with Crippen molar-refractivity contribution >= 4 is 73.9 Å². The lowest BCUT2D eigenvalue weighted by Gasteiger charge is -2.31. The van der Waals surface area contributed by atoms with E-state index in [-0.39, 0.29) is 27.3 Å². The Hall–Kier alpha value is -1.71. The normalized spacial score (nSPS) is 12.2. The van der Waals surface area contributed by atoms with Gasteiger partial charge < -0.3 is 10.2 Å². The maximum atomic E-state index is 13.3. The molecule has 0 saturated carbocycles. The van der Waals surface area contributed by atoms with Crippen LogP contribution in [0.2, 0.25) is 20.1 Å². The van der Waals surface area contributed by atoms with Gasteiger partial charge in [0.05, 0.1) is 32.0 Å². The molecule has 2 aromatic rings. The van der Waals surface area contributed by atoms with Crippen LogP contribution in [0.3, 0.4) is 0 Å². The molecule has 0 radical (unpaired) electrons. The Morgan fingerprint density at radius 2 is 1.53 bits per heavy atom. The predicted molar refractivity (Wildman–Crippen MR) is 129 cm³/mol. The molecule has 0 aliphatic carbocycles. The van der Waals surface area contributed by atoms with Gasteiger partial charge in [0.15, 0.2) is 0 Å². The van der Waals surface area contributed by atoms with Crippen LogP contribution in [0.4, 0.5) is 5.69 Å². The van der Waals surface area contributed by atoms with Crippen molar-refractivity contribution in [3.05, 3.63) is 62.1 Å². The van der Waals surface area contributed by atoms with E-state index in [4.69, 9.17) is 46.4 Å². The molecule has 0 unspecified atom stereocenters. The number of carbonyl (C=O) groups is 2. The molecule has 0 fully saturated rings. The number of likely N-dealkylation sites (N-methyl/N-ethyl adjacent to an activating group) is 1. The Morgan fingerprint density at radius 3 is 2.03 bits per heavy atom. The lowest BCUT2D eigenvalue weighted by atomic mass is 10.1. The summed E-state index contributed by atoms with van der Waals surface area (Å²) in [4.78, 5) is 26.8. The lowest BCUT2D eigenvalue weighted by molar-refractivity contribution is -0.139. The van der Waals surface area contributed by atoms with Gasteiger partial charge in [-0.25, -0.2) is 8.42 Å². The quantitative estimate of drug-likeness (QED) is 0.542. The molecule has 0 heterocycles. The van der Waals surface area contributed by atoms with Crippen LogP contribution < -0.4 is 9.62 Å². The van der Waals surface area contributed by atoms with Gasteiger partial charge in [0.25, 0.3) is 0 Å². The summed E-state index contributed by atoms with van der Waals surface area (Å²) in [5.41, 5.74) is 0.779. The highest BCUT2D eigenvalue weighted by Crippen LogP contribution is 2.29. The smallest absolute Gasteiger partial charge is 0.244 e. The van der Waals surface area contributed by atoms with Crippen molar-refractivity contribution in [2.45, 2.75) is 19.5 Å². The largest absolute Gasteiger partial charge is 0.357 e. The Labute approximate surface area is 207 Å². The molecule has 0 spiro atoms. The first-order valence-electron chi connectivity index (χ1n) is 9.23. The van der Waals surface area contributed by atoms with Crippen molar-refractivity contribution in [3.63, 3.8) is 0 Å². The molecular formula is C20H21Cl4N3O4S. The van der Waals surface area contributed by atoms with E-state index in [0.29, 0.717) is 10.6 Å². The minimum atomic E-state index is -3.87. The second-order valence-corrected chi connectivity index (χ2v) is 10.5. The van der Waals surface area contributed by atoms with Gasteiger partial charge in [-0.2, -0.15) is 0 Å². The molecule has 0 aromatic heterocycles. The molecule has 0 aliphatic rings. The molecule has 32 heavy (non-hydrogen) atoms. The fourth-order valence-electron chi connectivity index (χ4n) is 2.88. The number of nitrogens with zero attached hydrogens (tertiary/aromatic N) is 2. The summed E-state index contributed by atoms with van der Waals surface area (Å²) in [6.07, 6.45) is 0.967. The number of amides is 2. The molecule has 7 nitrogen and oxygen atoms in total. The molecular weight excluding hydrogens is 520 g/mol. The fourth-order valence-corrected chi connectivity index (χ4v) is 4.33. The molecule has 0 bridgehead atoms. The standard InChI is InChI=1S/C20H21Cl4N3O4S/c1-12(20(29)25-2)26(10-13-4-6-15(21)17(23)8-13)19(28)11-27(32(3,30)31)14-5-7-16(22)18(24)9-14/h4-9,12H,10-11H2,1-3H3,(H,25,29)/t12-/m0/s1. The zero-order valence-corrected chi connectivity index (χ0v) is 21.2. The van der Waals surface area contributed by atoms with Crippen molar-refractivity contribution in [2.75, 3.05) is 24.2 Å². The van der Waals surface area contributed by atoms with Crippen molar-refractivity contribution in [1.82, 2.24) is 10.2 Å². The number of hydrogen-bond donors (Lipinski definition) is 1. The third kappa shape index (κ3) is 6.65. The highest BCUT2D eigenvalue weighted by Gasteiger charge is 2.30. The number of anilines is 1. The van der Waals surface area contributed by atoms with Gasteiger partial charge in [-0.05, 0) is 42.8 Å². The van der Waals surface area contributed by atoms with Crippen molar-refractivity contribution in [2.24, 2.45) is 0 Å². The van der Waals surface area contributed by atoms with E-state index in [2.05, 4.69) is 5.32 Å². The summed E-state index contributed by atoms with van der Waals surface area (Å²) < 4.78 is 25.8. The second-order valence-electron chi connectivity index (χ2n) is 6.93. The maximum Gasteiger partial charge on any atom is 0.244 e. The van der Waals surface area contributed by atoms with E-state index in [0.717, 1.165) is 10.6 Å². The van der Waals surface area contributed by atoms with Gasteiger partial charge in [-0.15, -0.1) is 0 Å². The highest BCUT2D eigenvalue weighted by atomic mass is 35.5. The Bertz CT molecular complexity index is 1130. The molecule has 174 valence electrons. The Morgan fingerprint density at radius 1 is 0.969 bits per heavy atom. The Balaban J connectivity index is 2.42. The summed E-state index contributed by atoms with van der Waals surface area (Å²) in [6.45, 7) is 0.987. The van der Waals surface area contributed by atoms with Crippen LogP contribution in [-0.2, 0) is 26.2 Å². The minimum absolute atomic E-state index is 0.00326. The SMILES string of the molecule is CNC(=O)[C@H](C)N(Cc1ccc(Cl)c(Cl)c1)C(=O)CN(c1ccc(Cl)c(Cl)c1)S(C)(=O)=O. The number of hydrogen-bond acceptors (Lipinski definition) is 4. The molecule has 12 heteroatoms. The van der Waals surface area contributed by atoms with Gasteiger partial charge in [-0.1, -0.05) is 52.5 Å². The van der Waals surface area contributed by atoms with E-state index in [9.17, 15) is 18.0 Å². The number of benzene rings is 2. The molecule has 1 N–H and O–H groups in total. The first-order chi connectivity index (χ1) is 14.8. The summed E-state index contributed by atoms with van der Waals surface area (Å²) in [5, 5.41) is 3.50. The zero-order valence-electron chi connectivity index (χ0n) is 17.4. The van der Waals surface area contributed by atoms with E-state index in [1.807, 2.05) is 0 Å². The molecule has 2 aromatic carbocycles. The van der Waals surface area contributed by atoms with E-state index in [1.165, 1.54) is 37.1 Å². The number of halogens is 4. The topological polar surface area (TPSA) is 86.8 Å². The molecule has 2 amide bonds. The van der Waals surface area contributed by atoms with Crippen molar-refractivity contribution in [1.29, 1.82) is 0 Å². The number of rotatable bonds is 8. The average Bonchev–Trinajstić information content (AvgIpc) is 2.72. The first kappa shape index (κ1) is 26.5. The second kappa shape index (κ2) is 10.9. The van der Waals surface area contributed by atoms with Gasteiger partial charge in [0.2, 0.25) is 21.8 Å². The van der Waals surface area contributed by atoms with Gasteiger partial charge >= 0.3 is 0 Å². The molecule has 0 saturated heterocycles. The van der Waals surface area contributed by atoms with E-state index < -0.39 is 34.4 Å². The van der Waals surface area contributed by atoms with Crippen LogP contribution in [0.25, 0.3) is 0 Å². The highest BCUT2D eigenvalue weighted by molar-refractivity contribution is 7.92. The van der Waals surface area contributed by atoms with Crippen LogP contribution >= 0.6 is 46.4 Å². The number of carbonyl (C=O) groups excluding carboxylic acids is 2. The number of sulfonamides is 1. The van der Waals surface area contributed by atoms with Crippen molar-refractivity contribution in [3.8, 4) is 0 Å². The first-order valence-corrected chi connectivity index (χ1v) is 12.6. The van der Waals surface area contributed by atoms with E-state index >= 15 is 0 Å². The Kier molecular flexibility index (Phi) is 9.07. The van der Waals surface area contributed by atoms with Gasteiger partial charge in [0, 0.05) is 13.6 Å². The van der Waals surface area contributed by atoms with Gasteiger partial charge in [0.1, 0.15) is 12.6 Å². The van der Waals surface area contributed by atoms with Crippen LogP contribution in [0.1, 0.15) is 12.5 Å². The minimum Gasteiger partial charge on any atom is -0.357 e. The van der Waals surface area contributed by atoms with Crippen LogP contribution in [0, 0.1) is 0 Å². The van der Waals surface area contributed by atoms with Gasteiger partial charge in [-0.3, -0.25) is 13.9 Å². The molecule has 0 aliphatic heterocycles. The lowest BCUT2D eigenvalue weighted by Crippen LogP contribution is -2.50. The predicted octanol–water partition coefficient (Wildman–Crippen LogP) is 4.23. The number of nitrogens with one attached hydrogen (secondary N) is 1. The monoisotopic (exact) mass is 539 g/mol. The molecule has 1 atom stereocenters. The zero-order chi connectivity index (χ0) is 24.2. The van der Waals surface area contributed by atoms with E-state index in [1.54, 1.807) is 18.2 Å². The fraction of sp³-hybridized carbons (Fsp3) is 0.300. The van der Waals surface area contributed by atoms with Crippen LogP contribution in [0.5, 0.6) is 0 Å². The summed E-state index contributed by atoms with van der Waals surface area (Å²) in [5.74, 6) is -1.03. The summed E-state index contributed by atoms with van der Waals surface area (Å²) >= 11 is 24.0. The van der Waals surface area contributed by atoms with Crippen LogP contribution in [0.15, 0.2) is 36.4 Å². The third-order valence-corrected chi connectivity index (χ3v) is 7.24. The molecule has 2 rings (SSSR count). The summed E-state index contributed by atoms with van der Waals surface area (Å²) in [6, 6.07) is 8.15. The maximum absolute atomic E-state index is 13.3. The third-order valence-electron chi connectivity index (χ3n) is 4.62. The summed E-state index contributed by atoms with van der Waals surface area (Å²) in [7, 11) is -2.42. The average molecular weight is 541 g/mol.